The molecule has 2 aliphatic carbocycles. The normalized spacial score (nSPS) is 34.1. The second-order valence-corrected chi connectivity index (χ2v) is 12.7. The summed E-state index contributed by atoms with van der Waals surface area (Å²) in [7, 11) is 0. The molecule has 8 rings (SSSR count). The van der Waals surface area contributed by atoms with Gasteiger partial charge in [-0.2, -0.15) is 0 Å². The van der Waals surface area contributed by atoms with Crippen molar-refractivity contribution in [2.24, 2.45) is 11.8 Å². The Hall–Kier alpha value is -2.65. The minimum Gasteiger partial charge on any atom is -0.465 e. The third-order valence-electron chi connectivity index (χ3n) is 9.20. The minimum absolute atomic E-state index is 0.00258. The Morgan fingerprint density at radius 2 is 1.24 bits per heavy atom. The first-order valence-corrected chi connectivity index (χ1v) is 15.2. The fourth-order valence-electron chi connectivity index (χ4n) is 6.16. The Balaban J connectivity index is 0.000000139. The third-order valence-corrected chi connectivity index (χ3v) is 9.20. The quantitative estimate of drug-likeness (QED) is 0.305. The maximum absolute atomic E-state index is 12.0. The maximum atomic E-state index is 12.0. The van der Waals surface area contributed by atoms with Gasteiger partial charge in [0.15, 0.2) is 0 Å². The highest BCUT2D eigenvalue weighted by Gasteiger charge is 2.47. The van der Waals surface area contributed by atoms with Crippen LogP contribution in [0.25, 0.3) is 0 Å². The van der Waals surface area contributed by atoms with E-state index >= 15 is 0 Å². The predicted octanol–water partition coefficient (Wildman–Crippen LogP) is 5.15. The van der Waals surface area contributed by atoms with Crippen LogP contribution in [0.15, 0.2) is 48.5 Å². The van der Waals surface area contributed by atoms with Crippen LogP contribution in [0.3, 0.4) is 0 Å². The highest BCUT2D eigenvalue weighted by Crippen LogP contribution is 2.41. The number of carbonyl (C=O) groups is 1. The second-order valence-electron chi connectivity index (χ2n) is 12.7. The van der Waals surface area contributed by atoms with Crippen molar-refractivity contribution < 1.29 is 38.0 Å². The zero-order valence-corrected chi connectivity index (χ0v) is 23.9. The molecule has 8 atom stereocenters. The number of esters is 1. The van der Waals surface area contributed by atoms with Crippen LogP contribution in [0.4, 0.5) is 0 Å². The van der Waals surface area contributed by atoms with Crippen molar-refractivity contribution in [3.8, 4) is 11.5 Å². The molecule has 2 saturated carbocycles. The van der Waals surface area contributed by atoms with Gasteiger partial charge in [0, 0.05) is 5.41 Å². The van der Waals surface area contributed by atoms with Crippen LogP contribution in [0.5, 0.6) is 11.5 Å². The predicted molar refractivity (Wildman–Crippen MR) is 149 cm³/mol. The van der Waals surface area contributed by atoms with Gasteiger partial charge in [0.25, 0.3) is 0 Å². The lowest BCUT2D eigenvalue weighted by Gasteiger charge is -2.26. The van der Waals surface area contributed by atoms with Gasteiger partial charge in [-0.1, -0.05) is 38.1 Å². The van der Waals surface area contributed by atoms with Crippen molar-refractivity contribution in [2.75, 3.05) is 19.8 Å². The fourth-order valence-corrected chi connectivity index (χ4v) is 6.16. The molecule has 0 spiro atoms. The van der Waals surface area contributed by atoms with Gasteiger partial charge < -0.3 is 33.2 Å². The van der Waals surface area contributed by atoms with Gasteiger partial charge in [0.2, 0.25) is 12.6 Å². The van der Waals surface area contributed by atoms with Crippen LogP contribution >= 0.6 is 0 Å². The van der Waals surface area contributed by atoms with Crippen LogP contribution in [0, 0.1) is 11.8 Å². The van der Waals surface area contributed by atoms with E-state index in [9.17, 15) is 4.79 Å². The summed E-state index contributed by atoms with van der Waals surface area (Å²) in [6, 6.07) is 16.4. The van der Waals surface area contributed by atoms with E-state index < -0.39 is 0 Å². The first-order valence-electron chi connectivity index (χ1n) is 15.2. The molecule has 0 N–H and O–H groups in total. The first-order chi connectivity index (χ1) is 19.9. The number of benzene rings is 2. The summed E-state index contributed by atoms with van der Waals surface area (Å²) in [4.78, 5) is 12.0. The summed E-state index contributed by atoms with van der Waals surface area (Å²) >= 11 is 0. The summed E-state index contributed by atoms with van der Waals surface area (Å²) in [5.41, 5.74) is 2.38. The molecular weight excluding hydrogens is 524 g/mol. The molecule has 4 aliphatic heterocycles. The van der Waals surface area contributed by atoms with Crippen LogP contribution in [0.2, 0.25) is 0 Å². The van der Waals surface area contributed by atoms with Gasteiger partial charge in [-0.25, -0.2) is 0 Å². The minimum atomic E-state index is -0.0940. The third kappa shape index (κ3) is 6.88. The molecule has 4 saturated heterocycles. The van der Waals surface area contributed by atoms with E-state index in [0.29, 0.717) is 50.2 Å². The van der Waals surface area contributed by atoms with E-state index in [1.54, 1.807) is 0 Å². The molecule has 0 radical (unpaired) electrons. The number of rotatable bonds is 9. The Kier molecular flexibility index (Phi) is 7.44. The average molecular weight is 565 g/mol. The molecule has 2 aromatic rings. The van der Waals surface area contributed by atoms with Gasteiger partial charge >= 0.3 is 5.97 Å². The standard InChI is InChI=1S/C19H20O4.C14H20O4/c1-19(2,13-3-7-15(8-4-13)22-17-11-20-17)14-5-9-16(10-6-14)23-18-12-21-18;15-14(9-2-4-11-13(6-9)18-11)16-7-8-1-3-10-12(5-8)17-10/h3-10,17-18H,11-12H2,1-2H3;8-13H,1-7H2. The van der Waals surface area contributed by atoms with E-state index in [2.05, 4.69) is 38.1 Å². The summed E-state index contributed by atoms with van der Waals surface area (Å²) in [6.07, 6.45) is 7.91. The van der Waals surface area contributed by atoms with Crippen molar-refractivity contribution in [1.82, 2.24) is 0 Å². The molecule has 41 heavy (non-hydrogen) atoms. The van der Waals surface area contributed by atoms with E-state index in [1.165, 1.54) is 11.1 Å². The Morgan fingerprint density at radius 1 is 0.732 bits per heavy atom. The van der Waals surface area contributed by atoms with E-state index in [4.69, 9.17) is 33.2 Å². The average Bonchev–Trinajstić information content (AvgIpc) is 3.78. The van der Waals surface area contributed by atoms with Crippen LogP contribution in [-0.2, 0) is 33.9 Å². The van der Waals surface area contributed by atoms with Gasteiger partial charge in [-0.05, 0) is 79.8 Å². The molecule has 8 heteroatoms. The summed E-state index contributed by atoms with van der Waals surface area (Å²) in [6.45, 7) is 6.40. The lowest BCUT2D eigenvalue weighted by atomic mass is 9.78. The zero-order chi connectivity index (χ0) is 28.0. The number of hydrogen-bond donors (Lipinski definition) is 0. The molecule has 0 bridgehead atoms. The fraction of sp³-hybridized carbons (Fsp3) is 0.606. The number of ether oxygens (including phenoxy) is 7. The summed E-state index contributed by atoms with van der Waals surface area (Å²) in [5.74, 6) is 2.30. The summed E-state index contributed by atoms with van der Waals surface area (Å²) in [5, 5.41) is 0. The molecule has 4 heterocycles. The smallest absolute Gasteiger partial charge is 0.309 e. The molecule has 6 fully saturated rings. The number of epoxide rings is 4. The molecule has 8 nitrogen and oxygen atoms in total. The Morgan fingerprint density at radius 3 is 1.73 bits per heavy atom. The van der Waals surface area contributed by atoms with Crippen LogP contribution < -0.4 is 9.47 Å². The van der Waals surface area contributed by atoms with Gasteiger partial charge in [0.05, 0.1) is 36.9 Å². The molecular formula is C33H40O8. The molecule has 0 amide bonds. The molecule has 6 aliphatic rings. The molecule has 0 aromatic heterocycles. The van der Waals surface area contributed by atoms with Gasteiger partial charge in [-0.3, -0.25) is 4.79 Å². The van der Waals surface area contributed by atoms with Crippen LogP contribution in [0.1, 0.15) is 63.5 Å². The van der Waals surface area contributed by atoms with E-state index in [1.807, 2.05) is 24.3 Å². The number of hydrogen-bond acceptors (Lipinski definition) is 8. The highest BCUT2D eigenvalue weighted by molar-refractivity contribution is 5.72. The number of fused-ring (bicyclic) bond motifs is 2. The molecule has 220 valence electrons. The number of carbonyl (C=O) groups excluding carboxylic acids is 1. The van der Waals surface area contributed by atoms with Crippen molar-refractivity contribution in [1.29, 1.82) is 0 Å². The van der Waals surface area contributed by atoms with Gasteiger partial charge in [0.1, 0.15) is 24.7 Å². The molecule has 8 unspecified atom stereocenters. The Labute approximate surface area is 241 Å². The summed E-state index contributed by atoms with van der Waals surface area (Å²) < 4.78 is 37.8. The van der Waals surface area contributed by atoms with Crippen molar-refractivity contribution in [2.45, 2.75) is 94.8 Å². The second kappa shape index (κ2) is 11.2. The SMILES string of the molecule is CC(C)(c1ccc(OC2CO2)cc1)c1ccc(OC2CO2)cc1.O=C(OCC1CCC2OC2C1)C1CCC2OC2C1. The van der Waals surface area contributed by atoms with Crippen molar-refractivity contribution in [3.05, 3.63) is 59.7 Å². The largest absolute Gasteiger partial charge is 0.465 e. The van der Waals surface area contributed by atoms with E-state index in [-0.39, 0.29) is 29.9 Å². The van der Waals surface area contributed by atoms with Crippen LogP contribution in [-0.4, -0.2) is 62.8 Å². The highest BCUT2D eigenvalue weighted by atomic mass is 16.8. The van der Waals surface area contributed by atoms with Gasteiger partial charge in [-0.15, -0.1) is 0 Å². The molecule has 2 aromatic carbocycles. The van der Waals surface area contributed by atoms with E-state index in [0.717, 1.165) is 50.0 Å². The zero-order valence-electron chi connectivity index (χ0n) is 23.9. The monoisotopic (exact) mass is 564 g/mol. The maximum Gasteiger partial charge on any atom is 0.309 e. The first kappa shape index (κ1) is 27.2. The topological polar surface area (TPSA) is 94.9 Å². The Bertz CT molecular complexity index is 1140. The lowest BCUT2D eigenvalue weighted by Crippen LogP contribution is -2.27. The van der Waals surface area contributed by atoms with Crippen molar-refractivity contribution >= 4 is 5.97 Å². The lowest BCUT2D eigenvalue weighted by molar-refractivity contribution is -0.151. The van der Waals surface area contributed by atoms with Crippen molar-refractivity contribution in [3.63, 3.8) is 0 Å².